The van der Waals surface area contributed by atoms with Gasteiger partial charge in [0.2, 0.25) is 10.0 Å². The molecule has 1 rings (SSSR count). The number of rotatable bonds is 6. The average Bonchev–Trinajstić information content (AvgIpc) is 2.35. The van der Waals surface area contributed by atoms with Gasteiger partial charge in [-0.3, -0.25) is 4.79 Å². The molecule has 0 saturated carbocycles. The second-order valence-electron chi connectivity index (χ2n) is 4.17. The molecule has 0 aliphatic carbocycles. The second-order valence-corrected chi connectivity index (χ2v) is 6.32. The lowest BCUT2D eigenvalue weighted by Gasteiger charge is -2.24. The summed E-state index contributed by atoms with van der Waals surface area (Å²) >= 11 is 0. The number of nitrogens with zero attached hydrogens (tertiary/aromatic N) is 1. The second kappa shape index (κ2) is 6.12. The Morgan fingerprint density at radius 1 is 1.42 bits per heavy atom. The molecule has 5 nitrogen and oxygen atoms in total. The Morgan fingerprint density at radius 2 is 2.00 bits per heavy atom. The highest BCUT2D eigenvalue weighted by molar-refractivity contribution is 7.89. The summed E-state index contributed by atoms with van der Waals surface area (Å²) < 4.78 is 38.4. The highest BCUT2D eigenvalue weighted by Crippen LogP contribution is 2.24. The molecule has 7 heteroatoms. The number of hydrogen-bond donors (Lipinski definition) is 1. The Bertz CT molecular complexity index is 559. The summed E-state index contributed by atoms with van der Waals surface area (Å²) in [6, 6.07) is 5.20. The van der Waals surface area contributed by atoms with Crippen LogP contribution in [0.2, 0.25) is 0 Å². The molecule has 19 heavy (non-hydrogen) atoms. The van der Waals surface area contributed by atoms with Gasteiger partial charge in [0, 0.05) is 18.7 Å². The fourth-order valence-corrected chi connectivity index (χ4v) is 2.93. The number of carbonyl (C=O) groups is 1. The molecule has 0 aliphatic heterocycles. The number of carboxylic acid groups (broad SMARTS) is 1. The molecule has 1 aromatic rings. The zero-order valence-corrected chi connectivity index (χ0v) is 11.5. The SMILES string of the molecule is CC(c1ccccc1F)N(C)S(=O)(=O)CCC(=O)O. The van der Waals surface area contributed by atoms with Crippen molar-refractivity contribution >= 4 is 16.0 Å². The van der Waals surface area contributed by atoms with Crippen molar-refractivity contribution in [1.82, 2.24) is 4.31 Å². The predicted octanol–water partition coefficient (Wildman–Crippen LogP) is 1.62. The number of carboxylic acids is 1. The molecule has 106 valence electrons. The first-order valence-electron chi connectivity index (χ1n) is 5.67. The van der Waals surface area contributed by atoms with E-state index in [4.69, 9.17) is 5.11 Å². The normalized spacial score (nSPS) is 13.5. The highest BCUT2D eigenvalue weighted by Gasteiger charge is 2.26. The molecule has 0 aromatic heterocycles. The minimum absolute atomic E-state index is 0.254. The largest absolute Gasteiger partial charge is 0.481 e. The van der Waals surface area contributed by atoms with Crippen LogP contribution in [0.25, 0.3) is 0 Å². The van der Waals surface area contributed by atoms with Gasteiger partial charge in [0.05, 0.1) is 12.2 Å². The third kappa shape index (κ3) is 4.00. The molecular weight excluding hydrogens is 273 g/mol. The van der Waals surface area contributed by atoms with Crippen molar-refractivity contribution in [2.75, 3.05) is 12.8 Å². The number of halogens is 1. The first-order valence-corrected chi connectivity index (χ1v) is 7.28. The summed E-state index contributed by atoms with van der Waals surface area (Å²) in [4.78, 5) is 10.4. The fraction of sp³-hybridized carbons (Fsp3) is 0.417. The minimum Gasteiger partial charge on any atom is -0.481 e. The maximum Gasteiger partial charge on any atom is 0.304 e. The first kappa shape index (κ1) is 15.6. The van der Waals surface area contributed by atoms with Crippen LogP contribution in [0.1, 0.15) is 24.9 Å². The van der Waals surface area contributed by atoms with Gasteiger partial charge in [0.25, 0.3) is 0 Å². The Morgan fingerprint density at radius 3 is 2.53 bits per heavy atom. The van der Waals surface area contributed by atoms with Gasteiger partial charge in [0.15, 0.2) is 0 Å². The first-order chi connectivity index (χ1) is 8.75. The quantitative estimate of drug-likeness (QED) is 0.863. The van der Waals surface area contributed by atoms with Crippen LogP contribution >= 0.6 is 0 Å². The van der Waals surface area contributed by atoms with Gasteiger partial charge in [-0.1, -0.05) is 18.2 Å². The molecule has 0 heterocycles. The van der Waals surface area contributed by atoms with E-state index in [1.807, 2.05) is 0 Å². The third-order valence-corrected chi connectivity index (χ3v) is 4.83. The molecule has 1 N–H and O–H groups in total. The molecular formula is C12H16FNO4S. The van der Waals surface area contributed by atoms with Gasteiger partial charge in [-0.15, -0.1) is 0 Å². The van der Waals surface area contributed by atoms with Gasteiger partial charge in [0.1, 0.15) is 5.82 Å². The Kier molecular flexibility index (Phi) is 5.02. The molecule has 0 saturated heterocycles. The summed E-state index contributed by atoms with van der Waals surface area (Å²) in [5.74, 6) is -2.18. The zero-order chi connectivity index (χ0) is 14.6. The maximum atomic E-state index is 13.6. The van der Waals surface area contributed by atoms with Crippen molar-refractivity contribution in [3.8, 4) is 0 Å². The molecule has 0 amide bonds. The number of aliphatic carboxylic acids is 1. The monoisotopic (exact) mass is 289 g/mol. The smallest absolute Gasteiger partial charge is 0.304 e. The van der Waals surface area contributed by atoms with Gasteiger partial charge < -0.3 is 5.11 Å². The number of hydrogen-bond acceptors (Lipinski definition) is 3. The summed E-state index contributed by atoms with van der Waals surface area (Å²) in [7, 11) is -2.42. The van der Waals surface area contributed by atoms with Gasteiger partial charge in [-0.2, -0.15) is 4.31 Å². The number of sulfonamides is 1. The van der Waals surface area contributed by atoms with Gasteiger partial charge >= 0.3 is 5.97 Å². The van der Waals surface area contributed by atoms with E-state index in [2.05, 4.69) is 0 Å². The highest BCUT2D eigenvalue weighted by atomic mass is 32.2. The fourth-order valence-electron chi connectivity index (χ4n) is 1.61. The molecule has 1 unspecified atom stereocenters. The van der Waals surface area contributed by atoms with E-state index >= 15 is 0 Å². The lowest BCUT2D eigenvalue weighted by Crippen LogP contribution is -2.32. The molecule has 0 spiro atoms. The van der Waals surface area contributed by atoms with Crippen molar-refractivity contribution < 1.29 is 22.7 Å². The van der Waals surface area contributed by atoms with Crippen molar-refractivity contribution in [1.29, 1.82) is 0 Å². The van der Waals surface area contributed by atoms with Crippen molar-refractivity contribution in [2.45, 2.75) is 19.4 Å². The van der Waals surface area contributed by atoms with E-state index < -0.39 is 40.0 Å². The van der Waals surface area contributed by atoms with Crippen LogP contribution in [0.5, 0.6) is 0 Å². The van der Waals surface area contributed by atoms with Crippen LogP contribution in [0.15, 0.2) is 24.3 Å². The van der Waals surface area contributed by atoms with E-state index in [-0.39, 0.29) is 5.56 Å². The molecule has 1 aromatic carbocycles. The van der Waals surface area contributed by atoms with Gasteiger partial charge in [-0.25, -0.2) is 12.8 Å². The van der Waals surface area contributed by atoms with Crippen LogP contribution < -0.4 is 0 Å². The standard InChI is InChI=1S/C12H16FNO4S/c1-9(10-5-3-4-6-11(10)13)14(2)19(17,18)8-7-12(15)16/h3-6,9H,7-8H2,1-2H3,(H,15,16). The van der Waals surface area contributed by atoms with Crippen LogP contribution in [0.3, 0.4) is 0 Å². The van der Waals surface area contributed by atoms with E-state index in [9.17, 15) is 17.6 Å². The summed E-state index contributed by atoms with van der Waals surface area (Å²) in [6.45, 7) is 1.55. The van der Waals surface area contributed by atoms with Crippen LogP contribution in [-0.2, 0) is 14.8 Å². The summed E-state index contributed by atoms with van der Waals surface area (Å²) in [5, 5.41) is 8.52. The average molecular weight is 289 g/mol. The van der Waals surface area contributed by atoms with Gasteiger partial charge in [-0.05, 0) is 13.0 Å². The summed E-state index contributed by atoms with van der Waals surface area (Å²) in [6.07, 6.45) is -0.476. The lowest BCUT2D eigenvalue weighted by molar-refractivity contribution is -0.136. The molecule has 0 bridgehead atoms. The zero-order valence-electron chi connectivity index (χ0n) is 10.7. The minimum atomic E-state index is -3.73. The molecule has 0 fully saturated rings. The lowest BCUT2D eigenvalue weighted by atomic mass is 10.1. The molecule has 0 radical (unpaired) electrons. The van der Waals surface area contributed by atoms with Crippen molar-refractivity contribution in [3.05, 3.63) is 35.6 Å². The number of benzene rings is 1. The topological polar surface area (TPSA) is 74.7 Å². The van der Waals surface area contributed by atoms with E-state index in [0.717, 1.165) is 4.31 Å². The van der Waals surface area contributed by atoms with E-state index in [0.29, 0.717) is 0 Å². The van der Waals surface area contributed by atoms with Crippen LogP contribution in [0, 0.1) is 5.82 Å². The predicted molar refractivity (Wildman–Crippen MR) is 68.6 cm³/mol. The third-order valence-electron chi connectivity index (χ3n) is 2.91. The maximum absolute atomic E-state index is 13.6. The van der Waals surface area contributed by atoms with E-state index in [1.165, 1.54) is 25.2 Å². The Hall–Kier alpha value is -1.47. The van der Waals surface area contributed by atoms with Crippen molar-refractivity contribution in [3.63, 3.8) is 0 Å². The Balaban J connectivity index is 2.91. The van der Waals surface area contributed by atoms with E-state index in [1.54, 1.807) is 13.0 Å². The Labute approximate surface area is 111 Å². The molecule has 0 aliphatic rings. The molecule has 1 atom stereocenters. The van der Waals surface area contributed by atoms with Crippen LogP contribution in [0.4, 0.5) is 4.39 Å². The summed E-state index contributed by atoms with van der Waals surface area (Å²) in [5.41, 5.74) is 0.254. The van der Waals surface area contributed by atoms with Crippen molar-refractivity contribution in [2.24, 2.45) is 0 Å². The van der Waals surface area contributed by atoms with Crippen LogP contribution in [-0.4, -0.2) is 36.6 Å².